The topological polar surface area (TPSA) is 64.6 Å². The molecule has 20 heavy (non-hydrogen) atoms. The van der Waals surface area contributed by atoms with Crippen molar-refractivity contribution in [2.75, 3.05) is 14.2 Å². The maximum Gasteiger partial charge on any atom is 0.228 e. The Morgan fingerprint density at radius 3 is 2.60 bits per heavy atom. The average Bonchev–Trinajstić information content (AvgIpc) is 3.20. The van der Waals surface area contributed by atoms with Crippen molar-refractivity contribution in [1.82, 2.24) is 5.32 Å². The van der Waals surface area contributed by atoms with Gasteiger partial charge in [-0.25, -0.2) is 0 Å². The van der Waals surface area contributed by atoms with Crippen molar-refractivity contribution in [2.24, 2.45) is 0 Å². The third kappa shape index (κ3) is 2.13. The highest BCUT2D eigenvalue weighted by atomic mass is 16.5. The molecule has 2 aliphatic carbocycles. The summed E-state index contributed by atoms with van der Waals surface area (Å²) in [4.78, 5) is 24.4. The Labute approximate surface area is 117 Å². The first-order valence-electron chi connectivity index (χ1n) is 6.73. The molecule has 1 unspecified atom stereocenters. The summed E-state index contributed by atoms with van der Waals surface area (Å²) < 4.78 is 10.5. The Balaban J connectivity index is 1.99. The number of ether oxygens (including phenoxy) is 2. The fraction of sp³-hybridized carbons (Fsp3) is 0.467. The normalized spacial score (nSPS) is 20.5. The van der Waals surface area contributed by atoms with Crippen LogP contribution in [0, 0.1) is 0 Å². The van der Waals surface area contributed by atoms with E-state index >= 15 is 0 Å². The van der Waals surface area contributed by atoms with Gasteiger partial charge in [0.15, 0.2) is 5.78 Å². The van der Waals surface area contributed by atoms with Crippen LogP contribution in [0.2, 0.25) is 0 Å². The van der Waals surface area contributed by atoms with E-state index in [0.717, 1.165) is 12.8 Å². The van der Waals surface area contributed by atoms with Crippen molar-refractivity contribution in [3.05, 3.63) is 23.3 Å². The molecule has 0 aromatic heterocycles. The Morgan fingerprint density at radius 2 is 2.00 bits per heavy atom. The first-order chi connectivity index (χ1) is 9.63. The Morgan fingerprint density at radius 1 is 1.25 bits per heavy atom. The summed E-state index contributed by atoms with van der Waals surface area (Å²) in [5.41, 5.74) is 1.23. The van der Waals surface area contributed by atoms with Crippen LogP contribution in [0.15, 0.2) is 12.1 Å². The van der Waals surface area contributed by atoms with Gasteiger partial charge in [-0.3, -0.25) is 9.59 Å². The fourth-order valence-corrected chi connectivity index (χ4v) is 2.63. The minimum absolute atomic E-state index is 0.0341. The summed E-state index contributed by atoms with van der Waals surface area (Å²) in [5.74, 6) is 0.550. The Hall–Kier alpha value is -2.04. The molecule has 2 aliphatic rings. The van der Waals surface area contributed by atoms with Crippen LogP contribution < -0.4 is 14.8 Å². The van der Waals surface area contributed by atoms with E-state index in [0.29, 0.717) is 22.6 Å². The zero-order chi connectivity index (χ0) is 14.3. The molecule has 0 aliphatic heterocycles. The summed E-state index contributed by atoms with van der Waals surface area (Å²) in [6.45, 7) is 0. The molecule has 5 heteroatoms. The highest BCUT2D eigenvalue weighted by molar-refractivity contribution is 6.08. The molecule has 1 N–H and O–H groups in total. The zero-order valence-corrected chi connectivity index (χ0v) is 11.6. The summed E-state index contributed by atoms with van der Waals surface area (Å²) in [5, 5.41) is 2.96. The third-order valence-corrected chi connectivity index (χ3v) is 3.85. The molecule has 1 amide bonds. The van der Waals surface area contributed by atoms with Crippen LogP contribution >= 0.6 is 0 Å². The van der Waals surface area contributed by atoms with E-state index in [-0.39, 0.29) is 24.2 Å². The molecule has 1 fully saturated rings. The van der Waals surface area contributed by atoms with E-state index in [1.54, 1.807) is 12.1 Å². The van der Waals surface area contributed by atoms with Gasteiger partial charge in [-0.1, -0.05) is 0 Å². The molecular weight excluding hydrogens is 258 g/mol. The number of rotatable bonds is 4. The number of hydrogen-bond acceptors (Lipinski definition) is 4. The molecule has 1 aromatic rings. The van der Waals surface area contributed by atoms with E-state index in [1.165, 1.54) is 14.2 Å². The number of methoxy groups -OCH3 is 2. The highest BCUT2D eigenvalue weighted by Crippen LogP contribution is 2.42. The largest absolute Gasteiger partial charge is 0.497 e. The summed E-state index contributed by atoms with van der Waals surface area (Å²) >= 11 is 0. The van der Waals surface area contributed by atoms with Gasteiger partial charge in [0.25, 0.3) is 0 Å². The third-order valence-electron chi connectivity index (χ3n) is 3.85. The monoisotopic (exact) mass is 275 g/mol. The maximum atomic E-state index is 12.3. The molecule has 1 saturated carbocycles. The number of hydrogen-bond donors (Lipinski definition) is 1. The standard InChI is InChI=1S/C15H17NO4/c1-19-9-5-10-12(17)7-11(14(10)13(6-9)20-2)15(18)16-8-3-4-8/h5-6,8,11H,3-4,7H2,1-2H3,(H,16,18). The Kier molecular flexibility index (Phi) is 3.12. The van der Waals surface area contributed by atoms with E-state index in [9.17, 15) is 9.59 Å². The average molecular weight is 275 g/mol. The van der Waals surface area contributed by atoms with Crippen LogP contribution in [-0.4, -0.2) is 32.0 Å². The summed E-state index contributed by atoms with van der Waals surface area (Å²) in [7, 11) is 3.07. The fourth-order valence-electron chi connectivity index (χ4n) is 2.63. The molecular formula is C15H17NO4. The molecule has 1 aromatic carbocycles. The molecule has 0 spiro atoms. The van der Waals surface area contributed by atoms with Gasteiger partial charge in [0.05, 0.1) is 20.1 Å². The molecule has 0 radical (unpaired) electrons. The molecule has 1 atom stereocenters. The smallest absolute Gasteiger partial charge is 0.228 e. The second-order valence-corrected chi connectivity index (χ2v) is 5.25. The second-order valence-electron chi connectivity index (χ2n) is 5.25. The lowest BCUT2D eigenvalue weighted by Crippen LogP contribution is -2.30. The van der Waals surface area contributed by atoms with Gasteiger partial charge in [0, 0.05) is 29.7 Å². The molecule has 3 rings (SSSR count). The van der Waals surface area contributed by atoms with Crippen LogP contribution in [0.4, 0.5) is 0 Å². The number of amides is 1. The van der Waals surface area contributed by atoms with Crippen LogP contribution in [0.1, 0.15) is 41.1 Å². The van der Waals surface area contributed by atoms with Gasteiger partial charge in [0.1, 0.15) is 11.5 Å². The second kappa shape index (κ2) is 4.81. The zero-order valence-electron chi connectivity index (χ0n) is 11.6. The number of Topliss-reactive ketones (excluding diaryl/α,β-unsaturated/α-hetero) is 1. The predicted octanol–water partition coefficient (Wildman–Crippen LogP) is 1.65. The first kappa shape index (κ1) is 13.0. The van der Waals surface area contributed by atoms with Gasteiger partial charge in [-0.2, -0.15) is 0 Å². The van der Waals surface area contributed by atoms with Gasteiger partial charge in [-0.05, 0) is 18.9 Å². The van der Waals surface area contributed by atoms with Crippen molar-refractivity contribution < 1.29 is 19.1 Å². The van der Waals surface area contributed by atoms with Crippen LogP contribution in [0.25, 0.3) is 0 Å². The SMILES string of the molecule is COc1cc(OC)c2c(c1)C(=O)CC2C(=O)NC1CC1. The minimum atomic E-state index is -0.445. The highest BCUT2D eigenvalue weighted by Gasteiger charge is 2.39. The van der Waals surface area contributed by atoms with E-state index in [1.807, 2.05) is 0 Å². The number of carbonyl (C=O) groups is 2. The minimum Gasteiger partial charge on any atom is -0.497 e. The van der Waals surface area contributed by atoms with E-state index in [2.05, 4.69) is 5.32 Å². The van der Waals surface area contributed by atoms with Crippen molar-refractivity contribution in [1.29, 1.82) is 0 Å². The molecule has 5 nitrogen and oxygen atoms in total. The predicted molar refractivity (Wildman–Crippen MR) is 72.4 cm³/mol. The number of fused-ring (bicyclic) bond motifs is 1. The lowest BCUT2D eigenvalue weighted by molar-refractivity contribution is -0.122. The van der Waals surface area contributed by atoms with Crippen molar-refractivity contribution >= 4 is 11.7 Å². The quantitative estimate of drug-likeness (QED) is 0.907. The van der Waals surface area contributed by atoms with Gasteiger partial charge in [0.2, 0.25) is 5.91 Å². The number of ketones is 1. The number of nitrogens with one attached hydrogen (secondary N) is 1. The van der Waals surface area contributed by atoms with Crippen LogP contribution in [-0.2, 0) is 4.79 Å². The number of benzene rings is 1. The van der Waals surface area contributed by atoms with Crippen molar-refractivity contribution in [2.45, 2.75) is 31.2 Å². The van der Waals surface area contributed by atoms with Crippen LogP contribution in [0.3, 0.4) is 0 Å². The Bertz CT molecular complexity index is 577. The van der Waals surface area contributed by atoms with Crippen molar-refractivity contribution in [3.63, 3.8) is 0 Å². The molecule has 0 saturated heterocycles. The maximum absolute atomic E-state index is 12.3. The van der Waals surface area contributed by atoms with E-state index in [4.69, 9.17) is 9.47 Å². The van der Waals surface area contributed by atoms with Crippen LogP contribution in [0.5, 0.6) is 11.5 Å². The molecule has 0 heterocycles. The lowest BCUT2D eigenvalue weighted by atomic mass is 9.99. The van der Waals surface area contributed by atoms with E-state index < -0.39 is 5.92 Å². The summed E-state index contributed by atoms with van der Waals surface area (Å²) in [6.07, 6.45) is 2.26. The summed E-state index contributed by atoms with van der Waals surface area (Å²) in [6, 6.07) is 3.69. The molecule has 106 valence electrons. The van der Waals surface area contributed by atoms with Crippen molar-refractivity contribution in [3.8, 4) is 11.5 Å². The van der Waals surface area contributed by atoms with Gasteiger partial charge in [-0.15, -0.1) is 0 Å². The first-order valence-corrected chi connectivity index (χ1v) is 6.73. The number of carbonyl (C=O) groups excluding carboxylic acids is 2. The van der Waals surface area contributed by atoms with Gasteiger partial charge < -0.3 is 14.8 Å². The molecule has 0 bridgehead atoms. The lowest BCUT2D eigenvalue weighted by Gasteiger charge is -2.15. The van der Waals surface area contributed by atoms with Gasteiger partial charge >= 0.3 is 0 Å².